The van der Waals surface area contributed by atoms with Crippen LogP contribution in [-0.2, 0) is 22.6 Å². The number of benzene rings is 2. The van der Waals surface area contributed by atoms with Crippen LogP contribution >= 0.6 is 0 Å². The van der Waals surface area contributed by atoms with Gasteiger partial charge in [-0.3, -0.25) is 4.79 Å². The van der Waals surface area contributed by atoms with Crippen molar-refractivity contribution < 1.29 is 9.53 Å². The van der Waals surface area contributed by atoms with Gasteiger partial charge in [0, 0.05) is 55.1 Å². The average Bonchev–Trinajstić information content (AvgIpc) is 3.26. The van der Waals surface area contributed by atoms with E-state index in [0.717, 1.165) is 56.0 Å². The van der Waals surface area contributed by atoms with Crippen LogP contribution in [0.15, 0.2) is 42.5 Å². The number of fused-ring (bicyclic) bond motifs is 2. The summed E-state index contributed by atoms with van der Waals surface area (Å²) in [6.07, 6.45) is 1.04. The first kappa shape index (κ1) is 16.5. The minimum atomic E-state index is -0.0816. The van der Waals surface area contributed by atoms with Crippen molar-refractivity contribution in [3.63, 3.8) is 0 Å². The van der Waals surface area contributed by atoms with Crippen molar-refractivity contribution in [2.75, 3.05) is 38.0 Å². The molecule has 0 aliphatic carbocycles. The van der Waals surface area contributed by atoms with Gasteiger partial charge in [-0.05, 0) is 18.1 Å². The molecule has 1 amide bonds. The number of nitrogens with zero attached hydrogens (tertiary/aromatic N) is 1. The number of ether oxygens (including phenoxy) is 1. The quantitative estimate of drug-likeness (QED) is 0.825. The second-order valence-corrected chi connectivity index (χ2v) is 7.33. The second kappa shape index (κ2) is 6.83. The first-order valence-corrected chi connectivity index (χ1v) is 9.63. The minimum absolute atomic E-state index is 0.0816. The second-order valence-electron chi connectivity index (χ2n) is 7.33. The Labute approximate surface area is 159 Å². The van der Waals surface area contributed by atoms with Crippen LogP contribution in [0.1, 0.15) is 22.3 Å². The van der Waals surface area contributed by atoms with Gasteiger partial charge in [-0.1, -0.05) is 36.4 Å². The fraction of sp³-hybridized carbons (Fsp3) is 0.318. The number of amides is 1. The Morgan fingerprint density at radius 2 is 1.89 bits per heavy atom. The summed E-state index contributed by atoms with van der Waals surface area (Å²) in [6.45, 7) is 6.03. The summed E-state index contributed by atoms with van der Waals surface area (Å²) in [5.41, 5.74) is 5.98. The van der Waals surface area contributed by atoms with E-state index in [1.165, 1.54) is 11.1 Å². The lowest BCUT2D eigenvalue weighted by Crippen LogP contribution is -2.44. The smallest absolute Gasteiger partial charge is 0.260 e. The number of rotatable bonds is 3. The monoisotopic (exact) mass is 361 g/mol. The van der Waals surface area contributed by atoms with Crippen molar-refractivity contribution >= 4 is 22.9 Å². The Morgan fingerprint density at radius 1 is 1.04 bits per heavy atom. The summed E-state index contributed by atoms with van der Waals surface area (Å²) in [5, 5.41) is 6.33. The zero-order chi connectivity index (χ0) is 18.2. The molecule has 0 spiro atoms. The van der Waals surface area contributed by atoms with E-state index in [1.54, 1.807) is 0 Å². The van der Waals surface area contributed by atoms with Crippen LogP contribution in [0.25, 0.3) is 11.3 Å². The van der Waals surface area contributed by atoms with Gasteiger partial charge in [-0.2, -0.15) is 0 Å². The predicted octanol–water partition coefficient (Wildman–Crippen LogP) is 2.48. The first-order chi connectivity index (χ1) is 13.3. The fourth-order valence-electron chi connectivity index (χ4n) is 4.14. The van der Waals surface area contributed by atoms with E-state index in [4.69, 9.17) is 4.74 Å². The van der Waals surface area contributed by atoms with Gasteiger partial charge in [-0.15, -0.1) is 0 Å². The molecule has 2 N–H and O–H groups in total. The Hall–Kier alpha value is -2.63. The normalized spacial score (nSPS) is 21.6. The summed E-state index contributed by atoms with van der Waals surface area (Å²) in [7, 11) is 0. The Balaban J connectivity index is 1.41. The number of nitrogens with one attached hydrogen (secondary N) is 2. The standard InChI is InChI=1S/C22H23N3O2/c26-22-20(18-3-1-2-4-19(18)24-22)21-17-6-5-15(13-16(17)14-27-21)7-10-25-11-8-23-9-12-25/h1-6,13,23H,7-12,14H2,(H,24,26)/b21-20+. The van der Waals surface area contributed by atoms with Crippen LogP contribution in [0.5, 0.6) is 0 Å². The molecule has 0 unspecified atom stereocenters. The molecule has 138 valence electrons. The lowest BCUT2D eigenvalue weighted by atomic mass is 9.98. The van der Waals surface area contributed by atoms with E-state index in [-0.39, 0.29) is 5.91 Å². The van der Waals surface area contributed by atoms with Gasteiger partial charge in [-0.25, -0.2) is 0 Å². The van der Waals surface area contributed by atoms with Crippen LogP contribution in [0, 0.1) is 0 Å². The zero-order valence-electron chi connectivity index (χ0n) is 15.3. The highest BCUT2D eigenvalue weighted by Crippen LogP contribution is 2.41. The third-order valence-electron chi connectivity index (χ3n) is 5.61. The van der Waals surface area contributed by atoms with Crippen LogP contribution in [0.3, 0.4) is 0 Å². The van der Waals surface area contributed by atoms with Gasteiger partial charge < -0.3 is 20.3 Å². The molecule has 1 saturated heterocycles. The molecule has 27 heavy (non-hydrogen) atoms. The van der Waals surface area contributed by atoms with Gasteiger partial charge in [0.1, 0.15) is 12.4 Å². The Bertz CT molecular complexity index is 929. The number of hydrogen-bond donors (Lipinski definition) is 2. The molecule has 3 heterocycles. The summed E-state index contributed by atoms with van der Waals surface area (Å²) in [5.74, 6) is 0.628. The Morgan fingerprint density at radius 3 is 2.78 bits per heavy atom. The molecule has 3 aliphatic heterocycles. The van der Waals surface area contributed by atoms with Gasteiger partial charge in [0.05, 0.1) is 5.57 Å². The molecule has 5 heteroatoms. The largest absolute Gasteiger partial charge is 0.487 e. The zero-order valence-corrected chi connectivity index (χ0v) is 15.3. The molecule has 5 nitrogen and oxygen atoms in total. The maximum Gasteiger partial charge on any atom is 0.260 e. The highest BCUT2D eigenvalue weighted by molar-refractivity contribution is 6.36. The minimum Gasteiger partial charge on any atom is -0.487 e. The summed E-state index contributed by atoms with van der Waals surface area (Å²) in [4.78, 5) is 15.0. The highest BCUT2D eigenvalue weighted by atomic mass is 16.5. The summed E-state index contributed by atoms with van der Waals surface area (Å²) in [6, 6.07) is 14.3. The van der Waals surface area contributed by atoms with Crippen LogP contribution in [0.2, 0.25) is 0 Å². The van der Waals surface area contributed by atoms with E-state index < -0.39 is 0 Å². The maximum atomic E-state index is 12.5. The lowest BCUT2D eigenvalue weighted by Gasteiger charge is -2.27. The molecule has 0 aromatic heterocycles. The first-order valence-electron chi connectivity index (χ1n) is 9.63. The predicted molar refractivity (Wildman–Crippen MR) is 106 cm³/mol. The molecule has 3 aliphatic rings. The molecule has 0 saturated carbocycles. The third kappa shape index (κ3) is 3.03. The van der Waals surface area contributed by atoms with Crippen molar-refractivity contribution in [1.29, 1.82) is 0 Å². The molecule has 0 atom stereocenters. The van der Waals surface area contributed by atoms with Crippen LogP contribution in [-0.4, -0.2) is 43.5 Å². The molecule has 1 fully saturated rings. The topological polar surface area (TPSA) is 53.6 Å². The van der Waals surface area contributed by atoms with E-state index in [0.29, 0.717) is 17.9 Å². The lowest BCUT2D eigenvalue weighted by molar-refractivity contribution is -0.110. The number of carbonyl (C=O) groups excluding carboxylic acids is 1. The number of carbonyl (C=O) groups is 1. The van der Waals surface area contributed by atoms with Gasteiger partial charge in [0.25, 0.3) is 5.91 Å². The molecule has 5 rings (SSSR count). The molecular weight excluding hydrogens is 338 g/mol. The number of para-hydroxylation sites is 1. The van der Waals surface area contributed by atoms with Crippen LogP contribution < -0.4 is 10.6 Å². The van der Waals surface area contributed by atoms with Gasteiger partial charge in [0.15, 0.2) is 0 Å². The van der Waals surface area contributed by atoms with Crippen molar-refractivity contribution in [1.82, 2.24) is 10.2 Å². The summed E-state index contributed by atoms with van der Waals surface area (Å²) < 4.78 is 5.98. The van der Waals surface area contributed by atoms with Gasteiger partial charge >= 0.3 is 0 Å². The summed E-state index contributed by atoms with van der Waals surface area (Å²) >= 11 is 0. The highest BCUT2D eigenvalue weighted by Gasteiger charge is 2.32. The SMILES string of the molecule is O=C1Nc2ccccc2/C1=C1\OCc2cc(CCN3CCNCC3)ccc21. The van der Waals surface area contributed by atoms with Crippen molar-refractivity contribution in [3.05, 3.63) is 64.7 Å². The third-order valence-corrected chi connectivity index (χ3v) is 5.61. The average molecular weight is 361 g/mol. The van der Waals surface area contributed by atoms with E-state index >= 15 is 0 Å². The van der Waals surface area contributed by atoms with Crippen LogP contribution in [0.4, 0.5) is 5.69 Å². The molecule has 2 aromatic carbocycles. The van der Waals surface area contributed by atoms with Crippen molar-refractivity contribution in [2.45, 2.75) is 13.0 Å². The number of anilines is 1. The maximum absolute atomic E-state index is 12.5. The number of piperazine rings is 1. The molecule has 2 aromatic rings. The Kier molecular flexibility index (Phi) is 4.19. The van der Waals surface area contributed by atoms with Gasteiger partial charge in [0.2, 0.25) is 0 Å². The van der Waals surface area contributed by atoms with Crippen molar-refractivity contribution in [3.8, 4) is 0 Å². The van der Waals surface area contributed by atoms with E-state index in [9.17, 15) is 4.79 Å². The molecule has 0 radical (unpaired) electrons. The van der Waals surface area contributed by atoms with E-state index in [1.807, 2.05) is 24.3 Å². The fourth-order valence-corrected chi connectivity index (χ4v) is 4.14. The molecule has 0 bridgehead atoms. The van der Waals surface area contributed by atoms with Crippen molar-refractivity contribution in [2.24, 2.45) is 0 Å². The number of hydrogen-bond acceptors (Lipinski definition) is 4. The molecular formula is C22H23N3O2. The van der Waals surface area contributed by atoms with E-state index in [2.05, 4.69) is 33.7 Å².